The van der Waals surface area contributed by atoms with Crippen molar-refractivity contribution in [2.24, 2.45) is 5.92 Å². The molecule has 1 heterocycles. The highest BCUT2D eigenvalue weighted by Crippen LogP contribution is 2.43. The number of nitrogens with zero attached hydrogens (tertiary/aromatic N) is 1. The van der Waals surface area contributed by atoms with E-state index in [2.05, 4.69) is 5.32 Å². The van der Waals surface area contributed by atoms with E-state index < -0.39 is 53.4 Å². The molecule has 1 aliphatic carbocycles. The Morgan fingerprint density at radius 1 is 1.19 bits per heavy atom. The quantitative estimate of drug-likeness (QED) is 0.676. The number of carbonyl (C=O) groups excluding carboxylic acids is 2. The van der Waals surface area contributed by atoms with Crippen molar-refractivity contribution in [1.82, 2.24) is 10.2 Å². The molecule has 31 heavy (non-hydrogen) atoms. The Morgan fingerprint density at radius 3 is 2.35 bits per heavy atom. The number of hydrogen-bond donors (Lipinski definition) is 1. The minimum Gasteiger partial charge on any atom is -0.444 e. The van der Waals surface area contributed by atoms with Gasteiger partial charge in [-0.05, 0) is 51.7 Å². The normalized spacial score (nSPS) is 22.9. The molecule has 0 spiro atoms. The number of likely N-dealkylation sites (tertiary alicyclic amines) is 1. The van der Waals surface area contributed by atoms with Gasteiger partial charge in [-0.2, -0.15) is 13.2 Å². The molecule has 0 bridgehead atoms. The highest BCUT2D eigenvalue weighted by atomic mass is 19.4. The Balaban J connectivity index is 1.79. The minimum atomic E-state index is -4.69. The summed E-state index contributed by atoms with van der Waals surface area (Å²) in [6.45, 7) is 4.61. The first kappa shape index (κ1) is 23.3. The van der Waals surface area contributed by atoms with Crippen molar-refractivity contribution in [3.8, 4) is 0 Å². The zero-order valence-electron chi connectivity index (χ0n) is 17.4. The van der Waals surface area contributed by atoms with Gasteiger partial charge in [0.25, 0.3) is 0 Å². The van der Waals surface area contributed by atoms with E-state index in [0.29, 0.717) is 18.9 Å². The molecular weight excluding hydrogens is 423 g/mol. The van der Waals surface area contributed by atoms with Crippen molar-refractivity contribution in [3.05, 3.63) is 35.1 Å². The van der Waals surface area contributed by atoms with E-state index in [9.17, 15) is 31.5 Å². The molecule has 2 aliphatic rings. The maximum atomic E-state index is 14.5. The number of benzene rings is 1. The van der Waals surface area contributed by atoms with Gasteiger partial charge in [0.05, 0.1) is 18.2 Å². The summed E-state index contributed by atoms with van der Waals surface area (Å²) in [5.74, 6) is -1.92. The van der Waals surface area contributed by atoms with Gasteiger partial charge in [-0.15, -0.1) is 0 Å². The Hall–Kier alpha value is -2.39. The van der Waals surface area contributed by atoms with Crippen LogP contribution in [0.5, 0.6) is 0 Å². The first-order chi connectivity index (χ1) is 14.3. The summed E-state index contributed by atoms with van der Waals surface area (Å²) in [7, 11) is 0. The van der Waals surface area contributed by atoms with Crippen LogP contribution in [0.4, 0.5) is 26.7 Å². The standard InChI is InChI=1S/C21H25F5N2O3/c1-20(2,3)31-19(30)28-10-13(22)9-16(28)18(29)27-17(11-4-5-11)14-7-6-12(8-15(14)23)21(24,25)26/h6-8,11,13,16-17H,4-5,9-10H2,1-3H3,(H,27,29)/t13-,16+,17?/m0/s1. The number of amides is 2. The molecule has 1 aromatic carbocycles. The average Bonchev–Trinajstić information content (AvgIpc) is 3.38. The molecule has 1 aliphatic heterocycles. The largest absolute Gasteiger partial charge is 0.444 e. The lowest BCUT2D eigenvalue weighted by Crippen LogP contribution is -2.48. The van der Waals surface area contributed by atoms with E-state index >= 15 is 0 Å². The Labute approximate surface area is 176 Å². The van der Waals surface area contributed by atoms with Crippen LogP contribution in [-0.4, -0.2) is 41.3 Å². The second kappa shape index (κ2) is 8.27. The highest BCUT2D eigenvalue weighted by molar-refractivity contribution is 5.86. The van der Waals surface area contributed by atoms with Gasteiger partial charge >= 0.3 is 12.3 Å². The summed E-state index contributed by atoms with van der Waals surface area (Å²) >= 11 is 0. The van der Waals surface area contributed by atoms with Gasteiger partial charge in [-0.25, -0.2) is 13.6 Å². The first-order valence-corrected chi connectivity index (χ1v) is 10.1. The first-order valence-electron chi connectivity index (χ1n) is 10.1. The lowest BCUT2D eigenvalue weighted by atomic mass is 9.99. The van der Waals surface area contributed by atoms with E-state index in [1.165, 1.54) is 0 Å². The number of rotatable bonds is 4. The molecule has 1 aromatic rings. The van der Waals surface area contributed by atoms with Gasteiger partial charge in [-0.3, -0.25) is 9.69 Å². The fourth-order valence-corrected chi connectivity index (χ4v) is 3.64. The number of alkyl halides is 4. The van der Waals surface area contributed by atoms with Crippen molar-refractivity contribution < 1.29 is 36.3 Å². The van der Waals surface area contributed by atoms with Crippen LogP contribution in [0.15, 0.2) is 18.2 Å². The number of ether oxygens (including phenoxy) is 1. The summed E-state index contributed by atoms with van der Waals surface area (Å²) in [5, 5.41) is 2.63. The van der Waals surface area contributed by atoms with E-state index in [4.69, 9.17) is 4.74 Å². The Kier molecular flexibility index (Phi) is 6.21. The predicted molar refractivity (Wildman–Crippen MR) is 101 cm³/mol. The van der Waals surface area contributed by atoms with Crippen LogP contribution in [-0.2, 0) is 15.7 Å². The number of halogens is 5. The zero-order valence-corrected chi connectivity index (χ0v) is 17.4. The third kappa shape index (κ3) is 5.65. The molecule has 1 N–H and O–H groups in total. The van der Waals surface area contributed by atoms with Gasteiger partial charge < -0.3 is 10.1 Å². The number of carbonyl (C=O) groups is 2. The van der Waals surface area contributed by atoms with Gasteiger partial charge in [-0.1, -0.05) is 6.07 Å². The minimum absolute atomic E-state index is 0.0672. The molecule has 3 rings (SSSR count). The average molecular weight is 448 g/mol. The molecule has 3 atom stereocenters. The van der Waals surface area contributed by atoms with Crippen LogP contribution in [0.3, 0.4) is 0 Å². The molecule has 0 aromatic heterocycles. The maximum absolute atomic E-state index is 14.5. The summed E-state index contributed by atoms with van der Waals surface area (Å²) in [6, 6.07) is 0.161. The van der Waals surface area contributed by atoms with Crippen LogP contribution in [0.1, 0.15) is 57.2 Å². The van der Waals surface area contributed by atoms with Crippen molar-refractivity contribution in [1.29, 1.82) is 0 Å². The van der Waals surface area contributed by atoms with Crippen molar-refractivity contribution in [2.75, 3.05) is 6.54 Å². The van der Waals surface area contributed by atoms with Gasteiger partial charge in [0.1, 0.15) is 23.6 Å². The Bertz CT molecular complexity index is 848. The second-order valence-electron chi connectivity index (χ2n) is 9.04. The van der Waals surface area contributed by atoms with Crippen molar-refractivity contribution in [2.45, 2.75) is 70.1 Å². The Morgan fingerprint density at radius 2 is 1.84 bits per heavy atom. The summed E-state index contributed by atoms with van der Waals surface area (Å²) in [6.07, 6.45) is -5.86. The lowest BCUT2D eigenvalue weighted by Gasteiger charge is -2.29. The van der Waals surface area contributed by atoms with Crippen LogP contribution in [0.25, 0.3) is 0 Å². The number of nitrogens with one attached hydrogen (secondary N) is 1. The lowest BCUT2D eigenvalue weighted by molar-refractivity contribution is -0.137. The molecule has 1 saturated carbocycles. The molecule has 0 radical (unpaired) electrons. The van der Waals surface area contributed by atoms with Crippen molar-refractivity contribution >= 4 is 12.0 Å². The topological polar surface area (TPSA) is 58.6 Å². The highest BCUT2D eigenvalue weighted by Gasteiger charge is 2.44. The smallest absolute Gasteiger partial charge is 0.416 e. The molecule has 2 fully saturated rings. The fourth-order valence-electron chi connectivity index (χ4n) is 3.64. The van der Waals surface area contributed by atoms with E-state index in [1.807, 2.05) is 0 Å². The zero-order chi connectivity index (χ0) is 23.1. The SMILES string of the molecule is CC(C)(C)OC(=O)N1C[C@@H](F)C[C@@H]1C(=O)NC(c1ccc(C(F)(F)F)cc1F)C1CC1. The predicted octanol–water partition coefficient (Wildman–Crippen LogP) is 4.76. The summed E-state index contributed by atoms with van der Waals surface area (Å²) in [5.41, 5.74) is -2.03. The van der Waals surface area contributed by atoms with Crippen molar-refractivity contribution in [3.63, 3.8) is 0 Å². The van der Waals surface area contributed by atoms with E-state index in [1.54, 1.807) is 20.8 Å². The van der Waals surface area contributed by atoms with Gasteiger partial charge in [0.15, 0.2) is 0 Å². The second-order valence-corrected chi connectivity index (χ2v) is 9.04. The van der Waals surface area contributed by atoms with Gasteiger partial charge in [0.2, 0.25) is 5.91 Å². The molecule has 5 nitrogen and oxygen atoms in total. The van der Waals surface area contributed by atoms with Crippen LogP contribution in [0, 0.1) is 11.7 Å². The molecule has 1 saturated heterocycles. The third-order valence-corrected chi connectivity index (χ3v) is 5.23. The molecule has 2 amide bonds. The molecule has 1 unspecified atom stereocenters. The summed E-state index contributed by atoms with van der Waals surface area (Å²) in [4.78, 5) is 26.3. The fraction of sp³-hybridized carbons (Fsp3) is 0.619. The van der Waals surface area contributed by atoms with E-state index in [-0.39, 0.29) is 24.4 Å². The van der Waals surface area contributed by atoms with Crippen LogP contribution in [0.2, 0.25) is 0 Å². The molecular formula is C21H25F5N2O3. The maximum Gasteiger partial charge on any atom is 0.416 e. The summed E-state index contributed by atoms with van der Waals surface area (Å²) < 4.78 is 72.3. The van der Waals surface area contributed by atoms with E-state index in [0.717, 1.165) is 17.0 Å². The van der Waals surface area contributed by atoms with Crippen LogP contribution < -0.4 is 5.32 Å². The molecule has 172 valence electrons. The molecule has 10 heteroatoms. The monoisotopic (exact) mass is 448 g/mol. The van der Waals surface area contributed by atoms with Crippen LogP contribution >= 0.6 is 0 Å². The number of hydrogen-bond acceptors (Lipinski definition) is 3. The third-order valence-electron chi connectivity index (χ3n) is 5.23. The van der Waals surface area contributed by atoms with Gasteiger partial charge in [0, 0.05) is 12.0 Å².